The van der Waals surface area contributed by atoms with Crippen LogP contribution in [-0.4, -0.2) is 49.7 Å². The van der Waals surface area contributed by atoms with E-state index in [2.05, 4.69) is 18.8 Å². The van der Waals surface area contributed by atoms with Crippen molar-refractivity contribution in [2.24, 2.45) is 5.92 Å². The average molecular weight is 459 g/mol. The maximum absolute atomic E-state index is 9.79. The third-order valence-electron chi connectivity index (χ3n) is 6.05. The van der Waals surface area contributed by atoms with Gasteiger partial charge in [-0.1, -0.05) is 109 Å². The van der Waals surface area contributed by atoms with Crippen molar-refractivity contribution in [2.45, 2.75) is 135 Å². The molecule has 1 aliphatic carbocycles. The number of unbranched alkanes of at least 4 members (excludes halogenated alkanes) is 10. The van der Waals surface area contributed by atoms with Gasteiger partial charge in [0.25, 0.3) is 0 Å². The standard InChI is InChI=1S/C20H42O2S.C6H13BO/c1-23(2,3)22-20(21)18-14-9-7-5-4-6-8-11-15-19-16-12-10-13-17-19;7-5-3-1-2-4-6-8/h19-21H,4-18H2,1-3H3;8H,1-6H2. The number of hydrogen-bond acceptors (Lipinski definition) is 3. The Morgan fingerprint density at radius 2 is 1.29 bits per heavy atom. The molecular weight excluding hydrogens is 403 g/mol. The van der Waals surface area contributed by atoms with Gasteiger partial charge in [0, 0.05) is 6.61 Å². The van der Waals surface area contributed by atoms with E-state index in [0.717, 1.165) is 50.8 Å². The first kappa shape index (κ1) is 31.3. The Morgan fingerprint density at radius 3 is 1.84 bits per heavy atom. The Hall–Kier alpha value is 0.295. The Kier molecular flexibility index (Phi) is 22.3. The molecule has 0 bridgehead atoms. The first-order valence-corrected chi connectivity index (χ1v) is 16.0. The third-order valence-corrected chi connectivity index (χ3v) is 6.85. The van der Waals surface area contributed by atoms with E-state index < -0.39 is 16.6 Å². The highest BCUT2D eigenvalue weighted by Gasteiger charge is 2.13. The Labute approximate surface area is 198 Å². The van der Waals surface area contributed by atoms with E-state index in [1.54, 1.807) is 0 Å². The highest BCUT2D eigenvalue weighted by Crippen LogP contribution is 2.37. The molecule has 0 heterocycles. The van der Waals surface area contributed by atoms with Crippen molar-refractivity contribution in [3.8, 4) is 0 Å². The first-order chi connectivity index (χ1) is 14.9. The van der Waals surface area contributed by atoms with Gasteiger partial charge < -0.3 is 14.4 Å². The second-order valence-electron chi connectivity index (χ2n) is 10.1. The van der Waals surface area contributed by atoms with E-state index in [-0.39, 0.29) is 0 Å². The summed E-state index contributed by atoms with van der Waals surface area (Å²) < 4.78 is 5.60. The highest BCUT2D eigenvalue weighted by molar-refractivity contribution is 8.28. The van der Waals surface area contributed by atoms with Gasteiger partial charge in [0.15, 0.2) is 6.29 Å². The van der Waals surface area contributed by atoms with Crippen molar-refractivity contribution in [1.82, 2.24) is 0 Å². The Bertz CT molecular complexity index is 351. The van der Waals surface area contributed by atoms with E-state index in [0.29, 0.717) is 6.61 Å². The molecule has 5 heteroatoms. The van der Waals surface area contributed by atoms with Crippen LogP contribution >= 0.6 is 10.3 Å². The number of rotatable bonds is 18. The molecule has 1 aliphatic rings. The molecule has 1 atom stereocenters. The van der Waals surface area contributed by atoms with Gasteiger partial charge in [-0.05, 0) is 43.9 Å². The average Bonchev–Trinajstić information content (AvgIpc) is 2.72. The van der Waals surface area contributed by atoms with Gasteiger partial charge in [0.05, 0.1) is 7.85 Å². The van der Waals surface area contributed by atoms with Crippen LogP contribution in [0.25, 0.3) is 0 Å². The minimum atomic E-state index is -1.04. The predicted molar refractivity (Wildman–Crippen MR) is 141 cm³/mol. The molecule has 186 valence electrons. The van der Waals surface area contributed by atoms with E-state index in [9.17, 15) is 5.11 Å². The summed E-state index contributed by atoms with van der Waals surface area (Å²) in [5, 5.41) is 18.1. The summed E-state index contributed by atoms with van der Waals surface area (Å²) >= 11 is 0. The van der Waals surface area contributed by atoms with Crippen LogP contribution < -0.4 is 0 Å². The lowest BCUT2D eigenvalue weighted by molar-refractivity contribution is -0.0129. The largest absolute Gasteiger partial charge is 0.396 e. The van der Waals surface area contributed by atoms with E-state index in [1.807, 2.05) is 0 Å². The second-order valence-corrected chi connectivity index (χ2v) is 13.8. The number of aliphatic hydroxyl groups is 2. The first-order valence-electron chi connectivity index (χ1n) is 13.2. The molecule has 1 unspecified atom stereocenters. The molecular formula is C26H55BO3S. The Balaban J connectivity index is 0.000000954. The van der Waals surface area contributed by atoms with Crippen LogP contribution in [0, 0.1) is 5.92 Å². The summed E-state index contributed by atoms with van der Waals surface area (Å²) in [7, 11) is 4.21. The lowest BCUT2D eigenvalue weighted by Crippen LogP contribution is -2.13. The van der Waals surface area contributed by atoms with Crippen molar-refractivity contribution in [3.63, 3.8) is 0 Å². The lowest BCUT2D eigenvalue weighted by Gasteiger charge is -2.28. The molecule has 1 rings (SSSR count). The van der Waals surface area contributed by atoms with Gasteiger partial charge in [-0.25, -0.2) is 0 Å². The molecule has 0 saturated heterocycles. The van der Waals surface area contributed by atoms with E-state index >= 15 is 0 Å². The fraction of sp³-hybridized carbons (Fsp3) is 1.00. The fourth-order valence-electron chi connectivity index (χ4n) is 4.28. The summed E-state index contributed by atoms with van der Waals surface area (Å²) in [6.07, 6.45) is 31.3. The van der Waals surface area contributed by atoms with Gasteiger partial charge in [-0.2, -0.15) is 0 Å². The second kappa shape index (κ2) is 22.1. The van der Waals surface area contributed by atoms with Crippen molar-refractivity contribution >= 4 is 18.2 Å². The molecule has 1 fully saturated rings. The van der Waals surface area contributed by atoms with Crippen LogP contribution in [-0.2, 0) is 4.18 Å². The zero-order valence-electron chi connectivity index (χ0n) is 21.3. The highest BCUT2D eigenvalue weighted by atomic mass is 32.3. The molecule has 3 nitrogen and oxygen atoms in total. The van der Waals surface area contributed by atoms with Crippen LogP contribution in [0.1, 0.15) is 122 Å². The summed E-state index contributed by atoms with van der Waals surface area (Å²) in [6.45, 7) is 0.324. The van der Waals surface area contributed by atoms with Gasteiger partial charge in [-0.3, -0.25) is 0 Å². The van der Waals surface area contributed by atoms with E-state index in [4.69, 9.17) is 17.1 Å². The molecule has 1 saturated carbocycles. The van der Waals surface area contributed by atoms with Crippen molar-refractivity contribution in [3.05, 3.63) is 0 Å². The van der Waals surface area contributed by atoms with Crippen LogP contribution in [0.2, 0.25) is 6.32 Å². The maximum Gasteiger partial charge on any atom is 0.165 e. The monoisotopic (exact) mass is 458 g/mol. The number of hydrogen-bond donors (Lipinski definition) is 2. The molecule has 0 spiro atoms. The fourth-order valence-corrected chi connectivity index (χ4v) is 5.04. The van der Waals surface area contributed by atoms with Crippen molar-refractivity contribution in [2.75, 3.05) is 25.4 Å². The SMILES string of the molecule is CS(C)(C)OC(O)CCCCCCCCCCC1CCCCC1.[B]CCCCCCO. The number of aliphatic hydroxyl groups excluding tert-OH is 2. The van der Waals surface area contributed by atoms with Crippen molar-refractivity contribution in [1.29, 1.82) is 0 Å². The third kappa shape index (κ3) is 24.8. The zero-order chi connectivity index (χ0) is 23.2. The van der Waals surface area contributed by atoms with Crippen molar-refractivity contribution < 1.29 is 14.4 Å². The maximum atomic E-state index is 9.79. The summed E-state index contributed by atoms with van der Waals surface area (Å²) in [5.41, 5.74) is 0. The quantitative estimate of drug-likeness (QED) is 0.127. The minimum absolute atomic E-state index is 0.324. The molecule has 0 aromatic carbocycles. The zero-order valence-corrected chi connectivity index (χ0v) is 22.1. The molecule has 0 aromatic heterocycles. The smallest absolute Gasteiger partial charge is 0.165 e. The predicted octanol–water partition coefficient (Wildman–Crippen LogP) is 7.54. The van der Waals surface area contributed by atoms with Crippen LogP contribution in [0.3, 0.4) is 0 Å². The molecule has 0 aliphatic heterocycles. The topological polar surface area (TPSA) is 49.7 Å². The van der Waals surface area contributed by atoms with Crippen LogP contribution in [0.5, 0.6) is 0 Å². The molecule has 0 amide bonds. The minimum Gasteiger partial charge on any atom is -0.396 e. The van der Waals surface area contributed by atoms with Crippen LogP contribution in [0.4, 0.5) is 0 Å². The summed E-state index contributed by atoms with van der Waals surface area (Å²) in [4.78, 5) is 0. The van der Waals surface area contributed by atoms with E-state index in [1.165, 1.54) is 83.5 Å². The van der Waals surface area contributed by atoms with Gasteiger partial charge >= 0.3 is 0 Å². The van der Waals surface area contributed by atoms with Gasteiger partial charge in [0.1, 0.15) is 0 Å². The lowest BCUT2D eigenvalue weighted by atomic mass is 9.85. The molecule has 0 aromatic rings. The summed E-state index contributed by atoms with van der Waals surface area (Å²) in [6, 6.07) is 0. The van der Waals surface area contributed by atoms with Crippen LogP contribution in [0.15, 0.2) is 0 Å². The summed E-state index contributed by atoms with van der Waals surface area (Å²) in [5.74, 6) is 1.06. The van der Waals surface area contributed by atoms with Gasteiger partial charge in [0.2, 0.25) is 0 Å². The molecule has 2 radical (unpaired) electrons. The Morgan fingerprint density at radius 1 is 0.774 bits per heavy atom. The molecule has 31 heavy (non-hydrogen) atoms. The normalized spacial score (nSPS) is 16.5. The van der Waals surface area contributed by atoms with Gasteiger partial charge in [-0.15, -0.1) is 10.3 Å². The molecule has 2 N–H and O–H groups in total.